The second-order valence-electron chi connectivity index (χ2n) is 10.1. The van der Waals surface area contributed by atoms with Crippen molar-refractivity contribution in [2.24, 2.45) is 0 Å². The summed E-state index contributed by atoms with van der Waals surface area (Å²) in [7, 11) is 1.62. The molecule has 1 fully saturated rings. The molecule has 0 unspecified atom stereocenters. The first kappa shape index (κ1) is 29.0. The number of carbonyl (C=O) groups is 1. The van der Waals surface area contributed by atoms with Crippen LogP contribution in [0.1, 0.15) is 29.8 Å². The Bertz CT molecular complexity index is 1470. The van der Waals surface area contributed by atoms with Gasteiger partial charge >= 0.3 is 0 Å². The van der Waals surface area contributed by atoms with E-state index in [2.05, 4.69) is 38.3 Å². The van der Waals surface area contributed by atoms with Crippen LogP contribution in [0.5, 0.6) is 17.2 Å². The highest BCUT2D eigenvalue weighted by molar-refractivity contribution is 6.04. The quantitative estimate of drug-likeness (QED) is 0.234. The lowest BCUT2D eigenvalue weighted by molar-refractivity contribution is 0.102. The standard InChI is InChI=1S/C34H38N4O4/c1-4-41-32-19-25(18-27(20-32)28-21-33(42-5-2)23-35-22-28)24-37-14-16-38(17-15-37)30-10-6-26(7-11-30)34(39)36-29-8-12-31(40-3)13-9-29/h6-13,18-23H,4-5,14-17,24H2,1-3H3,(H,36,39). The largest absolute Gasteiger partial charge is 0.497 e. The maximum atomic E-state index is 12.7. The molecule has 0 spiro atoms. The smallest absolute Gasteiger partial charge is 0.255 e. The number of nitrogens with one attached hydrogen (secondary N) is 1. The first-order valence-corrected chi connectivity index (χ1v) is 14.4. The average Bonchev–Trinajstić information content (AvgIpc) is 3.02. The van der Waals surface area contributed by atoms with Crippen LogP contribution in [0.15, 0.2) is 85.2 Å². The first-order chi connectivity index (χ1) is 20.5. The lowest BCUT2D eigenvalue weighted by atomic mass is 10.0. The second-order valence-corrected chi connectivity index (χ2v) is 10.1. The monoisotopic (exact) mass is 566 g/mol. The van der Waals surface area contributed by atoms with Crippen LogP contribution < -0.4 is 24.4 Å². The summed E-state index contributed by atoms with van der Waals surface area (Å²) in [4.78, 5) is 21.9. The number of aromatic nitrogens is 1. The molecule has 1 aliphatic heterocycles. The maximum absolute atomic E-state index is 12.7. The Morgan fingerprint density at radius 2 is 1.48 bits per heavy atom. The first-order valence-electron chi connectivity index (χ1n) is 14.4. The molecule has 2 heterocycles. The van der Waals surface area contributed by atoms with Crippen molar-refractivity contribution in [2.45, 2.75) is 20.4 Å². The molecule has 5 rings (SSSR count). The zero-order valence-corrected chi connectivity index (χ0v) is 24.5. The minimum Gasteiger partial charge on any atom is -0.497 e. The highest BCUT2D eigenvalue weighted by Gasteiger charge is 2.19. The summed E-state index contributed by atoms with van der Waals surface area (Å²) >= 11 is 0. The molecule has 3 aromatic carbocycles. The number of anilines is 2. The number of ether oxygens (including phenoxy) is 3. The van der Waals surface area contributed by atoms with E-state index in [4.69, 9.17) is 14.2 Å². The van der Waals surface area contributed by atoms with Gasteiger partial charge in [-0.3, -0.25) is 14.7 Å². The van der Waals surface area contributed by atoms with Crippen LogP contribution in [0.25, 0.3) is 11.1 Å². The predicted octanol–water partition coefficient (Wildman–Crippen LogP) is 6.13. The Hall–Kier alpha value is -4.56. The highest BCUT2D eigenvalue weighted by Crippen LogP contribution is 2.29. The predicted molar refractivity (Wildman–Crippen MR) is 167 cm³/mol. The number of benzene rings is 3. The molecular weight excluding hydrogens is 528 g/mol. The summed E-state index contributed by atoms with van der Waals surface area (Å²) in [5.74, 6) is 2.25. The van der Waals surface area contributed by atoms with Gasteiger partial charge in [-0.2, -0.15) is 0 Å². The van der Waals surface area contributed by atoms with Gasteiger partial charge in [-0.1, -0.05) is 0 Å². The number of nitrogens with zero attached hydrogens (tertiary/aromatic N) is 3. The zero-order valence-electron chi connectivity index (χ0n) is 24.5. The van der Waals surface area contributed by atoms with E-state index in [0.29, 0.717) is 18.8 Å². The maximum Gasteiger partial charge on any atom is 0.255 e. The van der Waals surface area contributed by atoms with Gasteiger partial charge in [-0.05, 0) is 97.8 Å². The fraction of sp³-hybridized carbons (Fsp3) is 0.294. The van der Waals surface area contributed by atoms with Crippen LogP contribution >= 0.6 is 0 Å². The molecule has 1 aliphatic rings. The van der Waals surface area contributed by atoms with Crippen molar-refractivity contribution in [3.63, 3.8) is 0 Å². The van der Waals surface area contributed by atoms with Gasteiger partial charge in [0, 0.05) is 61.4 Å². The van der Waals surface area contributed by atoms with E-state index in [9.17, 15) is 4.79 Å². The molecule has 1 aromatic heterocycles. The Kier molecular flexibility index (Phi) is 9.56. The zero-order chi connectivity index (χ0) is 29.3. The van der Waals surface area contributed by atoms with Crippen LogP contribution in [0.4, 0.5) is 11.4 Å². The molecule has 42 heavy (non-hydrogen) atoms. The molecule has 0 radical (unpaired) electrons. The van der Waals surface area contributed by atoms with Gasteiger partial charge in [-0.15, -0.1) is 0 Å². The molecular formula is C34H38N4O4. The molecule has 8 nitrogen and oxygen atoms in total. The van der Waals surface area contributed by atoms with Crippen LogP contribution in [0.3, 0.4) is 0 Å². The normalized spacial score (nSPS) is 13.5. The summed E-state index contributed by atoms with van der Waals surface area (Å²) in [6.07, 6.45) is 3.61. The average molecular weight is 567 g/mol. The van der Waals surface area contributed by atoms with Crippen LogP contribution in [0, 0.1) is 0 Å². The lowest BCUT2D eigenvalue weighted by Crippen LogP contribution is -2.46. The minimum absolute atomic E-state index is 0.134. The van der Waals surface area contributed by atoms with Gasteiger partial charge in [0.25, 0.3) is 5.91 Å². The van der Waals surface area contributed by atoms with E-state index in [-0.39, 0.29) is 5.91 Å². The van der Waals surface area contributed by atoms with Gasteiger partial charge in [0.2, 0.25) is 0 Å². The molecule has 1 N–H and O–H groups in total. The van der Waals surface area contributed by atoms with Gasteiger partial charge in [0.1, 0.15) is 17.2 Å². The number of piperazine rings is 1. The Balaban J connectivity index is 1.19. The van der Waals surface area contributed by atoms with Crippen molar-refractivity contribution in [2.75, 3.05) is 56.7 Å². The van der Waals surface area contributed by atoms with Crippen LogP contribution in [0.2, 0.25) is 0 Å². The van der Waals surface area contributed by atoms with Crippen LogP contribution in [-0.4, -0.2) is 62.3 Å². The van der Waals surface area contributed by atoms with E-state index < -0.39 is 0 Å². The van der Waals surface area contributed by atoms with Crippen LogP contribution in [-0.2, 0) is 6.54 Å². The molecule has 0 atom stereocenters. The molecule has 0 bridgehead atoms. The Morgan fingerprint density at radius 3 is 2.17 bits per heavy atom. The summed E-state index contributed by atoms with van der Waals surface area (Å²) in [5.41, 5.74) is 5.77. The number of amides is 1. The van der Waals surface area contributed by atoms with Gasteiger partial charge in [0.05, 0.1) is 26.5 Å². The number of pyridine rings is 1. The minimum atomic E-state index is -0.134. The summed E-state index contributed by atoms with van der Waals surface area (Å²) < 4.78 is 16.8. The van der Waals surface area contributed by atoms with E-state index in [1.165, 1.54) is 5.56 Å². The summed E-state index contributed by atoms with van der Waals surface area (Å²) in [6, 6.07) is 23.6. The summed E-state index contributed by atoms with van der Waals surface area (Å²) in [6.45, 7) is 9.73. The Morgan fingerprint density at radius 1 is 0.786 bits per heavy atom. The number of hydrogen-bond acceptors (Lipinski definition) is 7. The second kappa shape index (κ2) is 13.9. The topological polar surface area (TPSA) is 76.2 Å². The van der Waals surface area contributed by atoms with Gasteiger partial charge in [-0.25, -0.2) is 0 Å². The van der Waals surface area contributed by atoms with Crippen molar-refractivity contribution >= 4 is 17.3 Å². The molecule has 1 amide bonds. The molecule has 8 heteroatoms. The van der Waals surface area contributed by atoms with E-state index >= 15 is 0 Å². The van der Waals surface area contributed by atoms with Gasteiger partial charge < -0.3 is 24.4 Å². The molecule has 4 aromatic rings. The van der Waals surface area contributed by atoms with E-state index in [0.717, 1.165) is 72.5 Å². The molecule has 218 valence electrons. The number of methoxy groups -OCH3 is 1. The number of rotatable bonds is 11. The van der Waals surface area contributed by atoms with Crippen molar-refractivity contribution in [1.29, 1.82) is 0 Å². The molecule has 0 aliphatic carbocycles. The third-order valence-corrected chi connectivity index (χ3v) is 7.26. The van der Waals surface area contributed by atoms with Crippen molar-refractivity contribution in [3.05, 3.63) is 96.3 Å². The molecule has 0 saturated carbocycles. The van der Waals surface area contributed by atoms with Gasteiger partial charge in [0.15, 0.2) is 0 Å². The fourth-order valence-corrected chi connectivity index (χ4v) is 5.11. The van der Waals surface area contributed by atoms with Crippen molar-refractivity contribution in [3.8, 4) is 28.4 Å². The summed E-state index contributed by atoms with van der Waals surface area (Å²) in [5, 5.41) is 2.94. The lowest BCUT2D eigenvalue weighted by Gasteiger charge is -2.36. The number of hydrogen-bond donors (Lipinski definition) is 1. The molecule has 1 saturated heterocycles. The Labute approximate surface area is 247 Å². The third kappa shape index (κ3) is 7.39. The van der Waals surface area contributed by atoms with Crippen molar-refractivity contribution in [1.82, 2.24) is 9.88 Å². The third-order valence-electron chi connectivity index (χ3n) is 7.26. The highest BCUT2D eigenvalue weighted by atomic mass is 16.5. The SMILES string of the molecule is CCOc1cncc(-c2cc(CN3CCN(c4ccc(C(=O)Nc5ccc(OC)cc5)cc4)CC3)cc(OCC)c2)c1. The van der Waals surface area contributed by atoms with E-state index in [1.807, 2.05) is 74.6 Å². The fourth-order valence-electron chi connectivity index (χ4n) is 5.11. The van der Waals surface area contributed by atoms with Crippen molar-refractivity contribution < 1.29 is 19.0 Å². The van der Waals surface area contributed by atoms with E-state index in [1.54, 1.807) is 13.3 Å². The number of carbonyl (C=O) groups excluding carboxylic acids is 1.